The fraction of sp³-hybridized carbons (Fsp3) is 0.450. The zero-order valence-corrected chi connectivity index (χ0v) is 16.1. The van der Waals surface area contributed by atoms with Crippen LogP contribution in [-0.2, 0) is 19.4 Å². The molecule has 1 aliphatic rings. The zero-order valence-electron chi connectivity index (χ0n) is 15.3. The number of rotatable bonds is 2. The Morgan fingerprint density at radius 1 is 1.27 bits per heavy atom. The van der Waals surface area contributed by atoms with E-state index in [1.807, 2.05) is 0 Å². The molecule has 0 fully saturated rings. The highest BCUT2D eigenvalue weighted by molar-refractivity contribution is 7.18. The number of aryl methyl sites for hydroxylation is 1. The molecule has 0 unspecified atom stereocenters. The summed E-state index contributed by atoms with van der Waals surface area (Å²) in [6, 6.07) is 6.13. The van der Waals surface area contributed by atoms with Crippen LogP contribution in [0.1, 0.15) is 43.2 Å². The van der Waals surface area contributed by atoms with Crippen LogP contribution in [0.3, 0.4) is 0 Å². The van der Waals surface area contributed by atoms with Crippen LogP contribution < -0.4 is 5.56 Å². The summed E-state index contributed by atoms with van der Waals surface area (Å²) in [6.07, 6.45) is 3.04. The topological polar surface area (TPSA) is 47.8 Å². The Bertz CT molecular complexity index is 1010. The van der Waals surface area contributed by atoms with E-state index in [0.29, 0.717) is 12.5 Å². The molecular formula is C20H22FN3OS. The van der Waals surface area contributed by atoms with Gasteiger partial charge < -0.3 is 0 Å². The average Bonchev–Trinajstić information content (AvgIpc) is 2.97. The Labute approximate surface area is 155 Å². The van der Waals surface area contributed by atoms with Crippen molar-refractivity contribution in [1.29, 1.82) is 0 Å². The molecule has 26 heavy (non-hydrogen) atoms. The molecule has 1 aromatic carbocycles. The van der Waals surface area contributed by atoms with E-state index in [0.717, 1.165) is 35.0 Å². The van der Waals surface area contributed by atoms with Gasteiger partial charge >= 0.3 is 0 Å². The highest BCUT2D eigenvalue weighted by Crippen LogP contribution is 2.41. The van der Waals surface area contributed by atoms with Gasteiger partial charge in [-0.1, -0.05) is 38.1 Å². The van der Waals surface area contributed by atoms with Crippen LogP contribution in [0.5, 0.6) is 0 Å². The van der Waals surface area contributed by atoms with Gasteiger partial charge in [0, 0.05) is 4.88 Å². The number of thiophene rings is 1. The van der Waals surface area contributed by atoms with Gasteiger partial charge in [0.05, 0.1) is 11.9 Å². The van der Waals surface area contributed by atoms with E-state index in [-0.39, 0.29) is 16.8 Å². The first-order valence-electron chi connectivity index (χ1n) is 8.95. The molecule has 0 aliphatic heterocycles. The molecule has 6 heteroatoms. The number of hydrogen-bond acceptors (Lipinski definition) is 4. The quantitative estimate of drug-likeness (QED) is 0.679. The first-order valence-corrected chi connectivity index (χ1v) is 9.77. The van der Waals surface area contributed by atoms with Crippen LogP contribution in [0.2, 0.25) is 0 Å². The van der Waals surface area contributed by atoms with Gasteiger partial charge in [-0.3, -0.25) is 4.79 Å². The molecule has 0 N–H and O–H groups in total. The fourth-order valence-electron chi connectivity index (χ4n) is 3.73. The van der Waals surface area contributed by atoms with Crippen molar-refractivity contribution in [2.75, 3.05) is 0 Å². The largest absolute Gasteiger partial charge is 0.279 e. The summed E-state index contributed by atoms with van der Waals surface area (Å²) in [5.41, 5.74) is 2.17. The maximum Gasteiger partial charge on any atom is 0.279 e. The molecular weight excluding hydrogens is 349 g/mol. The van der Waals surface area contributed by atoms with E-state index in [2.05, 4.69) is 31.1 Å². The number of benzene rings is 1. The van der Waals surface area contributed by atoms with Crippen LogP contribution in [0.4, 0.5) is 4.39 Å². The maximum absolute atomic E-state index is 13.1. The SMILES string of the molecule is CC(C)(C)[C@H]1CCc2c(sc3nnn(Cc4ccc(F)cc4)c(=O)c23)C1. The first kappa shape index (κ1) is 17.3. The Hall–Kier alpha value is -2.08. The molecule has 1 aliphatic carbocycles. The van der Waals surface area contributed by atoms with Gasteiger partial charge in [-0.05, 0) is 53.9 Å². The van der Waals surface area contributed by atoms with Crippen LogP contribution in [0, 0.1) is 17.2 Å². The summed E-state index contributed by atoms with van der Waals surface area (Å²) in [4.78, 5) is 15.0. The fourth-order valence-corrected chi connectivity index (χ4v) is 4.97. The van der Waals surface area contributed by atoms with Crippen LogP contribution >= 0.6 is 11.3 Å². The van der Waals surface area contributed by atoms with Crippen molar-refractivity contribution >= 4 is 21.6 Å². The third-order valence-corrected chi connectivity index (χ3v) is 6.55. The van der Waals surface area contributed by atoms with E-state index >= 15 is 0 Å². The number of hydrogen-bond donors (Lipinski definition) is 0. The molecule has 0 saturated carbocycles. The molecule has 2 heterocycles. The second kappa shape index (κ2) is 6.27. The lowest BCUT2D eigenvalue weighted by molar-refractivity contribution is 0.218. The smallest absolute Gasteiger partial charge is 0.267 e. The molecule has 136 valence electrons. The van der Waals surface area contributed by atoms with Crippen molar-refractivity contribution in [3.63, 3.8) is 0 Å². The maximum atomic E-state index is 13.1. The molecule has 1 atom stereocenters. The summed E-state index contributed by atoms with van der Waals surface area (Å²) >= 11 is 1.61. The van der Waals surface area contributed by atoms with Crippen LogP contribution in [0.25, 0.3) is 10.2 Å². The second-order valence-corrected chi connectivity index (χ2v) is 9.25. The van der Waals surface area contributed by atoms with Gasteiger partial charge in [-0.15, -0.1) is 16.4 Å². The summed E-state index contributed by atoms with van der Waals surface area (Å²) in [5.74, 6) is 0.334. The summed E-state index contributed by atoms with van der Waals surface area (Å²) in [6.45, 7) is 7.15. The van der Waals surface area contributed by atoms with Crippen molar-refractivity contribution < 1.29 is 4.39 Å². The Kier molecular flexibility index (Phi) is 4.18. The third kappa shape index (κ3) is 3.07. The molecule has 0 radical (unpaired) electrons. The monoisotopic (exact) mass is 371 g/mol. The number of nitrogens with zero attached hydrogens (tertiary/aromatic N) is 3. The minimum Gasteiger partial charge on any atom is -0.267 e. The second-order valence-electron chi connectivity index (χ2n) is 8.17. The Morgan fingerprint density at radius 3 is 2.69 bits per heavy atom. The number of halogens is 1. The van der Waals surface area contributed by atoms with E-state index < -0.39 is 0 Å². The lowest BCUT2D eigenvalue weighted by Gasteiger charge is -2.33. The van der Waals surface area contributed by atoms with Gasteiger partial charge in [0.2, 0.25) is 0 Å². The van der Waals surface area contributed by atoms with Crippen LogP contribution in [0.15, 0.2) is 29.1 Å². The minimum absolute atomic E-state index is 0.0916. The van der Waals surface area contributed by atoms with Crippen molar-refractivity contribution in [2.24, 2.45) is 11.3 Å². The van der Waals surface area contributed by atoms with E-state index in [1.165, 1.54) is 27.3 Å². The number of aromatic nitrogens is 3. The Morgan fingerprint density at radius 2 is 2.00 bits per heavy atom. The normalized spacial score (nSPS) is 17.5. The van der Waals surface area contributed by atoms with E-state index in [4.69, 9.17) is 0 Å². The van der Waals surface area contributed by atoms with Gasteiger partial charge in [-0.2, -0.15) is 0 Å². The minimum atomic E-state index is -0.289. The molecule has 3 aromatic rings. The van der Waals surface area contributed by atoms with Crippen molar-refractivity contribution in [1.82, 2.24) is 15.0 Å². The predicted molar refractivity (Wildman–Crippen MR) is 102 cm³/mol. The van der Waals surface area contributed by atoms with E-state index in [9.17, 15) is 9.18 Å². The standard InChI is InChI=1S/C20H22FN3OS/c1-20(2,3)13-6-9-15-16(10-13)26-18-17(15)19(25)24(23-22-18)11-12-4-7-14(21)8-5-12/h4-5,7-8,13H,6,9-11H2,1-3H3/t13-/m0/s1. The zero-order chi connectivity index (χ0) is 18.5. The molecule has 2 aromatic heterocycles. The molecule has 0 saturated heterocycles. The molecule has 0 spiro atoms. The third-order valence-electron chi connectivity index (χ3n) is 5.41. The summed E-state index contributed by atoms with van der Waals surface area (Å²) in [7, 11) is 0. The highest BCUT2D eigenvalue weighted by atomic mass is 32.1. The average molecular weight is 371 g/mol. The van der Waals surface area contributed by atoms with Crippen molar-refractivity contribution in [3.05, 3.63) is 56.4 Å². The molecule has 0 amide bonds. The molecule has 4 rings (SSSR count). The Balaban J connectivity index is 1.72. The van der Waals surface area contributed by atoms with Gasteiger partial charge in [0.15, 0.2) is 4.83 Å². The highest BCUT2D eigenvalue weighted by Gasteiger charge is 2.31. The molecule has 0 bridgehead atoms. The van der Waals surface area contributed by atoms with Gasteiger partial charge in [0.25, 0.3) is 5.56 Å². The first-order chi connectivity index (χ1) is 12.3. The van der Waals surface area contributed by atoms with Crippen molar-refractivity contribution in [3.8, 4) is 0 Å². The number of fused-ring (bicyclic) bond motifs is 3. The lowest BCUT2D eigenvalue weighted by Crippen LogP contribution is -2.28. The van der Waals surface area contributed by atoms with E-state index in [1.54, 1.807) is 23.5 Å². The van der Waals surface area contributed by atoms with Crippen molar-refractivity contribution in [2.45, 2.75) is 46.6 Å². The van der Waals surface area contributed by atoms with Crippen LogP contribution in [-0.4, -0.2) is 15.0 Å². The van der Waals surface area contributed by atoms with Gasteiger partial charge in [-0.25, -0.2) is 9.07 Å². The summed E-state index contributed by atoms with van der Waals surface area (Å²) < 4.78 is 14.5. The predicted octanol–water partition coefficient (Wildman–Crippen LogP) is 4.19. The molecule has 4 nitrogen and oxygen atoms in total. The summed E-state index contributed by atoms with van der Waals surface area (Å²) in [5, 5.41) is 9.14. The van der Waals surface area contributed by atoms with Gasteiger partial charge in [0.1, 0.15) is 5.82 Å². The lowest BCUT2D eigenvalue weighted by atomic mass is 9.72.